The van der Waals surface area contributed by atoms with Gasteiger partial charge in [-0.15, -0.1) is 0 Å². The van der Waals surface area contributed by atoms with E-state index in [1.807, 2.05) is 0 Å². The Morgan fingerprint density at radius 1 is 0.643 bits per heavy atom. The van der Waals surface area contributed by atoms with Crippen molar-refractivity contribution in [3.63, 3.8) is 0 Å². The third kappa shape index (κ3) is 10.8. The van der Waals surface area contributed by atoms with Crippen LogP contribution in [0.2, 0.25) is 13.3 Å². The molecule has 14 heavy (non-hydrogen) atoms. The molecule has 0 aliphatic heterocycles. The Bertz CT molecular complexity index is 77.3. The molecule has 0 unspecified atom stereocenters. The van der Waals surface area contributed by atoms with Gasteiger partial charge in [-0.1, -0.05) is 0 Å². The van der Waals surface area contributed by atoms with Crippen LogP contribution in [-0.2, 0) is 0 Å². The molecule has 0 rings (SSSR count). The van der Waals surface area contributed by atoms with Gasteiger partial charge >= 0.3 is 92.4 Å². The zero-order valence-electron chi connectivity index (χ0n) is 10.4. The standard InChI is InChI=1S/3C4H9.N.Sn.H/c3*1-3-4-2;;;/h3*1,3-4H2,2H3;;;. The fourth-order valence-electron chi connectivity index (χ4n) is 1.91. The smallest absolute Gasteiger partial charge is 0 e. The van der Waals surface area contributed by atoms with E-state index in [2.05, 4.69) is 20.8 Å². The van der Waals surface area contributed by atoms with E-state index in [0.29, 0.717) is 0 Å². The molecule has 0 amide bonds. The van der Waals surface area contributed by atoms with E-state index < -0.39 is 19.8 Å². The van der Waals surface area contributed by atoms with Crippen LogP contribution in [0, 0.1) is 0 Å². The molecular formula is C12H28NSn. The van der Waals surface area contributed by atoms with Crippen molar-refractivity contribution < 1.29 is 0 Å². The van der Waals surface area contributed by atoms with Crippen LogP contribution in [0.1, 0.15) is 59.3 Å². The molecule has 2 heteroatoms. The first-order valence-corrected chi connectivity index (χ1v) is 13.3. The van der Waals surface area contributed by atoms with Crippen molar-refractivity contribution in [3.05, 3.63) is 0 Å². The quantitative estimate of drug-likeness (QED) is 0.573. The van der Waals surface area contributed by atoms with E-state index in [-0.39, 0.29) is 6.15 Å². The van der Waals surface area contributed by atoms with E-state index in [1.54, 1.807) is 13.3 Å². The largest absolute Gasteiger partial charge is 0 e. The normalized spacial score (nSPS) is 10.3. The Labute approximate surface area is 98.4 Å². The molecule has 0 heterocycles. The summed E-state index contributed by atoms with van der Waals surface area (Å²) in [4.78, 5) is 0. The number of rotatable bonds is 9. The third-order valence-corrected chi connectivity index (χ3v) is 13.4. The van der Waals surface area contributed by atoms with Crippen LogP contribution < -0.4 is 6.15 Å². The molecule has 0 saturated carbocycles. The third-order valence-electron chi connectivity index (χ3n) is 2.90. The molecule has 0 saturated heterocycles. The van der Waals surface area contributed by atoms with Crippen molar-refractivity contribution >= 4 is 19.8 Å². The fraction of sp³-hybridized carbons (Fsp3) is 1.00. The summed E-state index contributed by atoms with van der Waals surface area (Å²) < 4.78 is 5.08. The van der Waals surface area contributed by atoms with E-state index in [4.69, 9.17) is 0 Å². The zero-order valence-corrected chi connectivity index (χ0v) is 13.7. The van der Waals surface area contributed by atoms with Crippen molar-refractivity contribution in [3.8, 4) is 0 Å². The number of hydrogen-bond acceptors (Lipinski definition) is 0. The molecule has 3 radical (unpaired) electrons. The maximum Gasteiger partial charge on any atom is 0 e. The number of nitrogens with zero attached hydrogens (tertiary/aromatic N) is 1. The van der Waals surface area contributed by atoms with Gasteiger partial charge in [-0.2, -0.15) is 0 Å². The number of unbranched alkanes of at least 4 members (excludes halogenated alkanes) is 3. The van der Waals surface area contributed by atoms with Crippen LogP contribution in [0.4, 0.5) is 0 Å². The first-order chi connectivity index (χ1) is 6.35. The second kappa shape index (κ2) is 13.8. The summed E-state index contributed by atoms with van der Waals surface area (Å²) >= 11 is -0.967. The maximum atomic E-state index is 2.34. The summed E-state index contributed by atoms with van der Waals surface area (Å²) in [5.41, 5.74) is 0. The predicted molar refractivity (Wildman–Crippen MR) is 68.4 cm³/mol. The fourth-order valence-corrected chi connectivity index (χ4v) is 12.8. The average Bonchev–Trinajstić information content (AvgIpc) is 2.17. The SMILES string of the molecule is CCC[CH2][SnH]([CH2]CCC)[CH2]CCC.[N]. The summed E-state index contributed by atoms with van der Waals surface area (Å²) in [6.45, 7) is 7.01. The Morgan fingerprint density at radius 2 is 0.929 bits per heavy atom. The van der Waals surface area contributed by atoms with Crippen LogP contribution in [0.25, 0.3) is 0 Å². The second-order valence-corrected chi connectivity index (χ2v) is 14.2. The van der Waals surface area contributed by atoms with Crippen LogP contribution in [0.5, 0.6) is 0 Å². The number of hydrogen-bond donors (Lipinski definition) is 0. The first kappa shape index (κ1) is 17.2. The topological polar surface area (TPSA) is 30.5 Å². The maximum absolute atomic E-state index is 2.34. The Kier molecular flexibility index (Phi) is 16.9. The monoisotopic (exact) mass is 306 g/mol. The Morgan fingerprint density at radius 3 is 1.14 bits per heavy atom. The van der Waals surface area contributed by atoms with Gasteiger partial charge in [0.2, 0.25) is 0 Å². The molecule has 0 N–H and O–H groups in total. The van der Waals surface area contributed by atoms with Crippen LogP contribution in [-0.4, -0.2) is 19.8 Å². The zero-order chi connectivity index (χ0) is 9.94. The predicted octanol–water partition coefficient (Wildman–Crippen LogP) is 4.13. The van der Waals surface area contributed by atoms with E-state index in [0.717, 1.165) is 0 Å². The Hall–Kier alpha value is 0.759. The molecule has 0 aromatic heterocycles. The summed E-state index contributed by atoms with van der Waals surface area (Å²) in [6, 6.07) is 0. The van der Waals surface area contributed by atoms with Gasteiger partial charge in [0.1, 0.15) is 0 Å². The van der Waals surface area contributed by atoms with Gasteiger partial charge in [-0.3, -0.25) is 0 Å². The molecule has 85 valence electrons. The second-order valence-electron chi connectivity index (χ2n) is 4.29. The van der Waals surface area contributed by atoms with E-state index in [9.17, 15) is 0 Å². The van der Waals surface area contributed by atoms with Gasteiger partial charge in [-0.05, 0) is 0 Å². The molecule has 0 bridgehead atoms. The molecule has 0 aliphatic rings. The van der Waals surface area contributed by atoms with Gasteiger partial charge in [0.05, 0.1) is 0 Å². The molecule has 1 nitrogen and oxygen atoms in total. The van der Waals surface area contributed by atoms with Crippen LogP contribution in [0.15, 0.2) is 0 Å². The van der Waals surface area contributed by atoms with Gasteiger partial charge in [0.15, 0.2) is 0 Å². The molecule has 0 atom stereocenters. The first-order valence-electron chi connectivity index (χ1n) is 6.35. The van der Waals surface area contributed by atoms with Gasteiger partial charge in [0.25, 0.3) is 0 Å². The van der Waals surface area contributed by atoms with Crippen molar-refractivity contribution in [2.45, 2.75) is 72.6 Å². The minimum Gasteiger partial charge on any atom is 0 e. The van der Waals surface area contributed by atoms with Crippen LogP contribution >= 0.6 is 0 Å². The molecular weight excluding hydrogens is 277 g/mol. The van der Waals surface area contributed by atoms with Crippen molar-refractivity contribution in [1.29, 1.82) is 0 Å². The van der Waals surface area contributed by atoms with Crippen LogP contribution in [0.3, 0.4) is 0 Å². The molecule has 0 aliphatic carbocycles. The van der Waals surface area contributed by atoms with Crippen molar-refractivity contribution in [2.75, 3.05) is 0 Å². The van der Waals surface area contributed by atoms with Gasteiger partial charge in [0, 0.05) is 6.15 Å². The van der Waals surface area contributed by atoms with Gasteiger partial charge in [-0.25, -0.2) is 0 Å². The van der Waals surface area contributed by atoms with Crippen molar-refractivity contribution in [2.24, 2.45) is 0 Å². The minimum absolute atomic E-state index is 0. The summed E-state index contributed by atoms with van der Waals surface area (Å²) in [5.74, 6) is 0. The van der Waals surface area contributed by atoms with Gasteiger partial charge < -0.3 is 0 Å². The summed E-state index contributed by atoms with van der Waals surface area (Å²) in [7, 11) is 0. The van der Waals surface area contributed by atoms with Crippen molar-refractivity contribution in [1.82, 2.24) is 6.15 Å². The average molecular weight is 305 g/mol. The van der Waals surface area contributed by atoms with E-state index >= 15 is 0 Å². The summed E-state index contributed by atoms with van der Waals surface area (Å²) in [6.07, 6.45) is 8.87. The Balaban J connectivity index is 0. The molecule has 0 aromatic carbocycles. The summed E-state index contributed by atoms with van der Waals surface area (Å²) in [5, 5.41) is 0. The molecule has 0 aromatic rings. The molecule has 0 fully saturated rings. The molecule has 0 spiro atoms. The minimum atomic E-state index is -0.967. The van der Waals surface area contributed by atoms with E-state index in [1.165, 1.54) is 38.5 Å².